The molecule has 0 radical (unpaired) electrons. The van der Waals surface area contributed by atoms with Crippen molar-refractivity contribution < 1.29 is 14.3 Å². The van der Waals surface area contributed by atoms with E-state index < -0.39 is 5.60 Å². The Bertz CT molecular complexity index is 465. The lowest BCUT2D eigenvalue weighted by molar-refractivity contribution is -0.138. The average Bonchev–Trinajstić information content (AvgIpc) is 3.24. The summed E-state index contributed by atoms with van der Waals surface area (Å²) in [4.78, 5) is 12.3. The molecule has 2 rings (SSSR count). The number of methoxy groups -OCH3 is 1. The lowest BCUT2D eigenvalue weighted by Crippen LogP contribution is -2.44. The van der Waals surface area contributed by atoms with Gasteiger partial charge in [0, 0.05) is 12.8 Å². The van der Waals surface area contributed by atoms with Gasteiger partial charge in [0.25, 0.3) is 5.91 Å². The first-order chi connectivity index (χ1) is 9.45. The molecule has 1 N–H and O–H groups in total. The standard InChI is InChI=1S/C16H23NO3/c1-11(2)20-14-9-7-13(8-10-14)17-15(18)16(3,19-4)12-5-6-12/h7-12H,5-6H2,1-4H3,(H,17,18)/t16-/m0/s1. The van der Waals surface area contributed by atoms with Gasteiger partial charge in [-0.1, -0.05) is 0 Å². The average molecular weight is 277 g/mol. The Balaban J connectivity index is 2.00. The summed E-state index contributed by atoms with van der Waals surface area (Å²) in [5.74, 6) is 1.05. The minimum Gasteiger partial charge on any atom is -0.491 e. The number of benzene rings is 1. The van der Waals surface area contributed by atoms with Gasteiger partial charge in [0.1, 0.15) is 11.4 Å². The van der Waals surface area contributed by atoms with Gasteiger partial charge in [0.15, 0.2) is 0 Å². The van der Waals surface area contributed by atoms with E-state index in [2.05, 4.69) is 5.32 Å². The zero-order valence-electron chi connectivity index (χ0n) is 12.6. The van der Waals surface area contributed by atoms with E-state index in [-0.39, 0.29) is 12.0 Å². The molecule has 1 atom stereocenters. The van der Waals surface area contributed by atoms with Crippen LogP contribution >= 0.6 is 0 Å². The van der Waals surface area contributed by atoms with Gasteiger partial charge in [-0.2, -0.15) is 0 Å². The second-order valence-corrected chi connectivity index (χ2v) is 5.73. The van der Waals surface area contributed by atoms with Crippen LogP contribution in [0.1, 0.15) is 33.6 Å². The minimum absolute atomic E-state index is 0.0833. The summed E-state index contributed by atoms with van der Waals surface area (Å²) in [7, 11) is 1.59. The maximum Gasteiger partial charge on any atom is 0.256 e. The molecule has 1 aromatic rings. The van der Waals surface area contributed by atoms with Crippen molar-refractivity contribution in [1.29, 1.82) is 0 Å². The zero-order valence-corrected chi connectivity index (χ0v) is 12.6. The summed E-state index contributed by atoms with van der Waals surface area (Å²) < 4.78 is 11.0. The van der Waals surface area contributed by atoms with Gasteiger partial charge >= 0.3 is 0 Å². The number of ether oxygens (including phenoxy) is 2. The van der Waals surface area contributed by atoms with Crippen LogP contribution in [-0.2, 0) is 9.53 Å². The fraction of sp³-hybridized carbons (Fsp3) is 0.562. The maximum absolute atomic E-state index is 12.3. The second kappa shape index (κ2) is 5.83. The highest BCUT2D eigenvalue weighted by Gasteiger charge is 2.47. The van der Waals surface area contributed by atoms with Crippen molar-refractivity contribution in [3.63, 3.8) is 0 Å². The monoisotopic (exact) mass is 277 g/mol. The van der Waals surface area contributed by atoms with Gasteiger partial charge in [0.05, 0.1) is 6.10 Å². The van der Waals surface area contributed by atoms with Gasteiger partial charge in [-0.25, -0.2) is 0 Å². The summed E-state index contributed by atoms with van der Waals surface area (Å²) in [5.41, 5.74) is 0.0302. The molecule has 1 aliphatic rings. The Morgan fingerprint density at radius 1 is 1.30 bits per heavy atom. The molecule has 1 fully saturated rings. The second-order valence-electron chi connectivity index (χ2n) is 5.73. The van der Waals surface area contributed by atoms with Crippen LogP contribution in [0.25, 0.3) is 0 Å². The lowest BCUT2D eigenvalue weighted by atomic mass is 9.99. The van der Waals surface area contributed by atoms with Gasteiger partial charge in [-0.3, -0.25) is 4.79 Å². The molecule has 20 heavy (non-hydrogen) atoms. The molecule has 1 aliphatic carbocycles. The highest BCUT2D eigenvalue weighted by atomic mass is 16.5. The first-order valence-corrected chi connectivity index (χ1v) is 7.09. The van der Waals surface area contributed by atoms with E-state index in [0.717, 1.165) is 24.3 Å². The number of rotatable bonds is 6. The molecule has 0 heterocycles. The van der Waals surface area contributed by atoms with Crippen LogP contribution < -0.4 is 10.1 Å². The number of hydrogen-bond acceptors (Lipinski definition) is 3. The summed E-state index contributed by atoms with van der Waals surface area (Å²) in [5, 5.41) is 2.92. The van der Waals surface area contributed by atoms with E-state index >= 15 is 0 Å². The van der Waals surface area contributed by atoms with E-state index in [4.69, 9.17) is 9.47 Å². The van der Waals surface area contributed by atoms with Crippen LogP contribution in [0.5, 0.6) is 5.75 Å². The lowest BCUT2D eigenvalue weighted by Gasteiger charge is -2.26. The molecule has 0 saturated heterocycles. The van der Waals surface area contributed by atoms with Gasteiger partial charge in [0.2, 0.25) is 0 Å². The molecular formula is C16H23NO3. The van der Waals surface area contributed by atoms with Crippen molar-refractivity contribution >= 4 is 11.6 Å². The summed E-state index contributed by atoms with van der Waals surface area (Å²) in [6, 6.07) is 7.41. The first kappa shape index (κ1) is 14.9. The van der Waals surface area contributed by atoms with Gasteiger partial charge in [-0.05, 0) is 63.8 Å². The van der Waals surface area contributed by atoms with Crippen molar-refractivity contribution in [3.8, 4) is 5.75 Å². The molecule has 0 aliphatic heterocycles. The fourth-order valence-electron chi connectivity index (χ4n) is 2.22. The van der Waals surface area contributed by atoms with Crippen LogP contribution in [0.3, 0.4) is 0 Å². The fourth-order valence-corrected chi connectivity index (χ4v) is 2.22. The molecule has 0 unspecified atom stereocenters. The molecule has 4 heteroatoms. The van der Waals surface area contributed by atoms with E-state index in [1.54, 1.807) is 7.11 Å². The molecular weight excluding hydrogens is 254 g/mol. The maximum atomic E-state index is 12.3. The molecule has 1 aromatic carbocycles. The summed E-state index contributed by atoms with van der Waals surface area (Å²) in [6.07, 6.45) is 2.25. The number of hydrogen-bond donors (Lipinski definition) is 1. The Labute approximate surface area is 120 Å². The molecule has 4 nitrogen and oxygen atoms in total. The van der Waals surface area contributed by atoms with Crippen molar-refractivity contribution in [1.82, 2.24) is 0 Å². The minimum atomic E-state index is -0.729. The van der Waals surface area contributed by atoms with Crippen LogP contribution in [0.4, 0.5) is 5.69 Å². The van der Waals surface area contributed by atoms with Crippen molar-refractivity contribution in [2.75, 3.05) is 12.4 Å². The van der Waals surface area contributed by atoms with Crippen LogP contribution in [0.15, 0.2) is 24.3 Å². The largest absolute Gasteiger partial charge is 0.491 e. The first-order valence-electron chi connectivity index (χ1n) is 7.09. The number of carbonyl (C=O) groups excluding carboxylic acids is 1. The highest BCUT2D eigenvalue weighted by molar-refractivity contribution is 5.97. The Hall–Kier alpha value is -1.55. The van der Waals surface area contributed by atoms with E-state index in [0.29, 0.717) is 5.92 Å². The third-order valence-corrected chi connectivity index (χ3v) is 3.72. The van der Waals surface area contributed by atoms with E-state index in [1.165, 1.54) is 0 Å². The number of carbonyl (C=O) groups is 1. The predicted molar refractivity (Wildman–Crippen MR) is 79.0 cm³/mol. The van der Waals surface area contributed by atoms with E-state index in [9.17, 15) is 4.79 Å². The quantitative estimate of drug-likeness (QED) is 0.868. The number of amides is 1. The summed E-state index contributed by atoms with van der Waals surface area (Å²) >= 11 is 0. The Kier molecular flexibility index (Phi) is 4.33. The normalized spacial score (nSPS) is 17.6. The Morgan fingerprint density at radius 3 is 2.35 bits per heavy atom. The number of anilines is 1. The molecule has 110 valence electrons. The molecule has 0 aromatic heterocycles. The van der Waals surface area contributed by atoms with Gasteiger partial charge < -0.3 is 14.8 Å². The van der Waals surface area contributed by atoms with Crippen molar-refractivity contribution in [2.24, 2.45) is 5.92 Å². The summed E-state index contributed by atoms with van der Waals surface area (Å²) in [6.45, 7) is 5.82. The number of nitrogens with one attached hydrogen (secondary N) is 1. The van der Waals surface area contributed by atoms with E-state index in [1.807, 2.05) is 45.0 Å². The molecule has 0 bridgehead atoms. The van der Waals surface area contributed by atoms with Crippen molar-refractivity contribution in [3.05, 3.63) is 24.3 Å². The molecule has 0 spiro atoms. The van der Waals surface area contributed by atoms with Crippen LogP contribution in [-0.4, -0.2) is 24.7 Å². The third kappa shape index (κ3) is 3.31. The SMILES string of the molecule is CO[C@](C)(C(=O)Nc1ccc(OC(C)C)cc1)C1CC1. The van der Waals surface area contributed by atoms with Crippen molar-refractivity contribution in [2.45, 2.75) is 45.3 Å². The topological polar surface area (TPSA) is 47.6 Å². The van der Waals surface area contributed by atoms with Crippen LogP contribution in [0, 0.1) is 5.92 Å². The third-order valence-electron chi connectivity index (χ3n) is 3.72. The van der Waals surface area contributed by atoms with Crippen LogP contribution in [0.2, 0.25) is 0 Å². The smallest absolute Gasteiger partial charge is 0.256 e. The molecule has 1 amide bonds. The van der Waals surface area contributed by atoms with Gasteiger partial charge in [-0.15, -0.1) is 0 Å². The highest BCUT2D eigenvalue weighted by Crippen LogP contribution is 2.42. The zero-order chi connectivity index (χ0) is 14.8. The molecule has 1 saturated carbocycles. The predicted octanol–water partition coefficient (Wildman–Crippen LogP) is 3.23. The Morgan fingerprint density at radius 2 is 1.90 bits per heavy atom.